The monoisotopic (exact) mass is 554 g/mol. The van der Waals surface area contributed by atoms with Gasteiger partial charge in [-0.25, -0.2) is 22.7 Å². The second-order valence-electron chi connectivity index (χ2n) is 10.9. The molecule has 10 heteroatoms. The van der Waals surface area contributed by atoms with Gasteiger partial charge in [0, 0.05) is 44.3 Å². The number of nitrogens with one attached hydrogen (secondary N) is 1. The third-order valence-corrected chi connectivity index (χ3v) is 9.59. The van der Waals surface area contributed by atoms with Gasteiger partial charge in [-0.3, -0.25) is 4.79 Å². The summed E-state index contributed by atoms with van der Waals surface area (Å²) in [4.78, 5) is 26.5. The molecule has 212 valence electrons. The molecule has 1 amide bonds. The molecule has 2 fully saturated rings. The summed E-state index contributed by atoms with van der Waals surface area (Å²) in [5.41, 5.74) is 4.66. The van der Waals surface area contributed by atoms with Crippen LogP contribution in [-0.4, -0.2) is 96.5 Å². The van der Waals surface area contributed by atoms with Crippen molar-refractivity contribution >= 4 is 27.3 Å². The van der Waals surface area contributed by atoms with Gasteiger partial charge in [-0.15, -0.1) is 0 Å². The predicted molar refractivity (Wildman–Crippen MR) is 156 cm³/mol. The van der Waals surface area contributed by atoms with Crippen molar-refractivity contribution in [3.63, 3.8) is 0 Å². The Hall–Kier alpha value is -2.82. The van der Waals surface area contributed by atoms with Crippen LogP contribution in [0.4, 0.5) is 5.82 Å². The Labute approximate surface area is 233 Å². The fraction of sp³-hybridized carbons (Fsp3) is 0.552. The van der Waals surface area contributed by atoms with Crippen LogP contribution in [-0.2, 0) is 16.4 Å². The zero-order valence-corrected chi connectivity index (χ0v) is 24.5. The first-order chi connectivity index (χ1) is 18.5. The molecule has 0 aliphatic carbocycles. The Morgan fingerprint density at radius 1 is 1.08 bits per heavy atom. The van der Waals surface area contributed by atoms with E-state index in [1.54, 1.807) is 7.05 Å². The van der Waals surface area contributed by atoms with E-state index in [1.807, 2.05) is 18.7 Å². The van der Waals surface area contributed by atoms with Crippen LogP contribution in [0.2, 0.25) is 0 Å². The van der Waals surface area contributed by atoms with E-state index in [9.17, 15) is 13.2 Å². The highest BCUT2D eigenvalue weighted by Gasteiger charge is 2.33. The van der Waals surface area contributed by atoms with Gasteiger partial charge in [-0.05, 0) is 70.2 Å². The number of anilines is 1. The molecule has 2 aromatic rings. The van der Waals surface area contributed by atoms with Crippen molar-refractivity contribution in [2.24, 2.45) is 0 Å². The summed E-state index contributed by atoms with van der Waals surface area (Å²) in [6, 6.07) is 8.91. The molecule has 1 N–H and O–H groups in total. The molecular formula is C29H42N6O3S. The maximum absolute atomic E-state index is 13.4. The van der Waals surface area contributed by atoms with Crippen molar-refractivity contribution < 1.29 is 13.2 Å². The van der Waals surface area contributed by atoms with Crippen molar-refractivity contribution in [1.29, 1.82) is 0 Å². The number of rotatable bonds is 9. The summed E-state index contributed by atoms with van der Waals surface area (Å²) in [7, 11) is -1.48. The molecule has 0 bridgehead atoms. The van der Waals surface area contributed by atoms with Gasteiger partial charge in [0.1, 0.15) is 17.8 Å². The van der Waals surface area contributed by atoms with Gasteiger partial charge in [0.2, 0.25) is 10.0 Å². The van der Waals surface area contributed by atoms with Gasteiger partial charge in [0.25, 0.3) is 5.91 Å². The Morgan fingerprint density at radius 2 is 1.72 bits per heavy atom. The van der Waals surface area contributed by atoms with Gasteiger partial charge >= 0.3 is 0 Å². The summed E-state index contributed by atoms with van der Waals surface area (Å²) >= 11 is 0. The Kier molecular flexibility index (Phi) is 9.40. The van der Waals surface area contributed by atoms with Crippen molar-refractivity contribution in [1.82, 2.24) is 24.1 Å². The molecule has 0 atom stereocenters. The standard InChI is InChI=1S/C29H42N6O3S/c1-21(2)24-8-6-23(7-9-24)10-15-30-28-22(3)27(31-20-32-28)29(36)35-18-13-26(14-19-35)34-16-11-25(12-17-34)33(4)39(5,37)38/h6-9,20,25-26H,1,10-19H2,2-5H3,(H,30,31,32). The molecule has 2 aliphatic heterocycles. The zero-order chi connectivity index (χ0) is 28.2. The second kappa shape index (κ2) is 12.6. The highest BCUT2D eigenvalue weighted by Crippen LogP contribution is 2.25. The normalized spacial score (nSPS) is 17.9. The number of allylic oxidation sites excluding steroid dienone is 1. The zero-order valence-electron chi connectivity index (χ0n) is 23.7. The van der Waals surface area contributed by atoms with Crippen LogP contribution in [0.25, 0.3) is 5.57 Å². The van der Waals surface area contributed by atoms with Crippen molar-refractivity contribution in [3.05, 3.63) is 59.6 Å². The Bertz CT molecular complexity index is 1260. The van der Waals surface area contributed by atoms with Gasteiger partial charge in [-0.2, -0.15) is 0 Å². The van der Waals surface area contributed by atoms with E-state index >= 15 is 0 Å². The number of carbonyl (C=O) groups is 1. The van der Waals surface area contributed by atoms with Crippen LogP contribution in [0.1, 0.15) is 59.8 Å². The van der Waals surface area contributed by atoms with Crippen LogP contribution < -0.4 is 5.32 Å². The van der Waals surface area contributed by atoms with Gasteiger partial charge in [0.15, 0.2) is 0 Å². The van der Waals surface area contributed by atoms with Crippen LogP contribution in [0.3, 0.4) is 0 Å². The molecule has 2 saturated heterocycles. The molecular weight excluding hydrogens is 512 g/mol. The molecule has 9 nitrogen and oxygen atoms in total. The first-order valence-electron chi connectivity index (χ1n) is 13.8. The molecule has 1 aromatic heterocycles. The van der Waals surface area contributed by atoms with Crippen LogP contribution in [0.5, 0.6) is 0 Å². The van der Waals surface area contributed by atoms with Crippen LogP contribution in [0.15, 0.2) is 37.2 Å². The minimum Gasteiger partial charge on any atom is -0.369 e. The molecule has 0 saturated carbocycles. The lowest BCUT2D eigenvalue weighted by Gasteiger charge is -2.43. The minimum absolute atomic E-state index is 0.0414. The average Bonchev–Trinajstić information content (AvgIpc) is 2.93. The van der Waals surface area contributed by atoms with E-state index < -0.39 is 10.0 Å². The molecule has 1 aromatic carbocycles. The molecule has 3 heterocycles. The fourth-order valence-electron chi connectivity index (χ4n) is 5.59. The number of hydrogen-bond donors (Lipinski definition) is 1. The summed E-state index contributed by atoms with van der Waals surface area (Å²) in [5, 5.41) is 3.38. The number of sulfonamides is 1. The molecule has 0 spiro atoms. The number of likely N-dealkylation sites (tertiary alicyclic amines) is 2. The number of amides is 1. The number of carbonyl (C=O) groups excluding carboxylic acids is 1. The lowest BCUT2D eigenvalue weighted by atomic mass is 9.97. The van der Waals surface area contributed by atoms with Crippen LogP contribution in [0, 0.1) is 6.92 Å². The van der Waals surface area contributed by atoms with Crippen molar-refractivity contribution in [2.45, 2.75) is 58.0 Å². The molecule has 39 heavy (non-hydrogen) atoms. The summed E-state index contributed by atoms with van der Waals surface area (Å²) in [5.74, 6) is 0.656. The minimum atomic E-state index is -3.16. The number of hydrogen-bond acceptors (Lipinski definition) is 7. The van der Waals surface area contributed by atoms with E-state index in [1.165, 1.54) is 22.5 Å². The topological polar surface area (TPSA) is 98.7 Å². The first-order valence-corrected chi connectivity index (χ1v) is 15.7. The summed E-state index contributed by atoms with van der Waals surface area (Å²) in [6.07, 6.45) is 7.11. The number of aromatic nitrogens is 2. The van der Waals surface area contributed by atoms with Crippen molar-refractivity contribution in [3.8, 4) is 0 Å². The van der Waals surface area contributed by atoms with Gasteiger partial charge < -0.3 is 15.1 Å². The fourth-order valence-corrected chi connectivity index (χ4v) is 6.35. The summed E-state index contributed by atoms with van der Waals surface area (Å²) < 4.78 is 25.3. The quantitative estimate of drug-likeness (QED) is 0.507. The highest BCUT2D eigenvalue weighted by molar-refractivity contribution is 7.88. The molecule has 2 aliphatic rings. The Morgan fingerprint density at radius 3 is 2.31 bits per heavy atom. The summed E-state index contributed by atoms with van der Waals surface area (Å²) in [6.45, 7) is 11.8. The number of benzene rings is 1. The second-order valence-corrected chi connectivity index (χ2v) is 13.0. The van der Waals surface area contributed by atoms with Gasteiger partial charge in [0.05, 0.1) is 6.26 Å². The number of piperidine rings is 2. The van der Waals surface area contributed by atoms with Gasteiger partial charge in [-0.1, -0.05) is 36.4 Å². The lowest BCUT2D eigenvalue weighted by Crippen LogP contribution is -2.52. The Balaban J connectivity index is 1.27. The van der Waals surface area contributed by atoms with Crippen LogP contribution >= 0.6 is 0 Å². The number of nitrogens with zero attached hydrogens (tertiary/aromatic N) is 5. The van der Waals surface area contributed by atoms with E-state index in [2.05, 4.69) is 51.0 Å². The largest absolute Gasteiger partial charge is 0.369 e. The van der Waals surface area contributed by atoms with E-state index in [4.69, 9.17) is 0 Å². The SMILES string of the molecule is C=C(C)c1ccc(CCNc2ncnc(C(=O)N3CCC(N4CCC(N(C)S(C)(=O)=O)CC4)CC3)c2C)cc1. The highest BCUT2D eigenvalue weighted by atomic mass is 32.2. The van der Waals surface area contributed by atoms with E-state index in [0.717, 1.165) is 61.9 Å². The smallest absolute Gasteiger partial charge is 0.272 e. The van der Waals surface area contributed by atoms with E-state index in [-0.39, 0.29) is 11.9 Å². The lowest BCUT2D eigenvalue weighted by molar-refractivity contribution is 0.0542. The maximum Gasteiger partial charge on any atom is 0.272 e. The molecule has 0 unspecified atom stereocenters. The molecule has 0 radical (unpaired) electrons. The maximum atomic E-state index is 13.4. The third kappa shape index (κ3) is 7.23. The molecule has 4 rings (SSSR count). The average molecular weight is 555 g/mol. The third-order valence-electron chi connectivity index (χ3n) is 8.24. The first kappa shape index (κ1) is 29.2. The van der Waals surface area contributed by atoms with Crippen molar-refractivity contribution in [2.75, 3.05) is 51.3 Å². The van der Waals surface area contributed by atoms with E-state index in [0.29, 0.717) is 37.2 Å². The predicted octanol–water partition coefficient (Wildman–Crippen LogP) is 3.43.